The SMILES string of the molecule is Cc1cc(NC(=O)NCC(=O)NCC(=O)O)ccc1F. The van der Waals surface area contributed by atoms with Crippen LogP contribution in [0.3, 0.4) is 0 Å². The average molecular weight is 283 g/mol. The molecule has 0 bridgehead atoms. The number of carboxylic acids is 1. The summed E-state index contributed by atoms with van der Waals surface area (Å²) in [5.41, 5.74) is 0.759. The van der Waals surface area contributed by atoms with E-state index in [2.05, 4.69) is 16.0 Å². The molecule has 0 unspecified atom stereocenters. The highest BCUT2D eigenvalue weighted by Gasteiger charge is 2.07. The largest absolute Gasteiger partial charge is 0.480 e. The summed E-state index contributed by atoms with van der Waals surface area (Å²) in [7, 11) is 0. The van der Waals surface area contributed by atoms with Crippen molar-refractivity contribution in [3.05, 3.63) is 29.6 Å². The van der Waals surface area contributed by atoms with Crippen LogP contribution in [0.25, 0.3) is 0 Å². The van der Waals surface area contributed by atoms with Gasteiger partial charge >= 0.3 is 12.0 Å². The number of urea groups is 1. The van der Waals surface area contributed by atoms with E-state index in [1.165, 1.54) is 18.2 Å². The molecule has 0 aromatic heterocycles. The minimum absolute atomic E-state index is 0.362. The van der Waals surface area contributed by atoms with Crippen molar-refractivity contribution in [2.24, 2.45) is 0 Å². The number of carbonyl (C=O) groups is 3. The summed E-state index contributed by atoms with van der Waals surface area (Å²) in [5.74, 6) is -2.19. The molecule has 0 saturated carbocycles. The quantitative estimate of drug-likeness (QED) is 0.629. The Labute approximate surface area is 114 Å². The molecule has 1 aromatic carbocycles. The van der Waals surface area contributed by atoms with Gasteiger partial charge in [0, 0.05) is 5.69 Å². The summed E-state index contributed by atoms with van der Waals surface area (Å²) < 4.78 is 13.0. The van der Waals surface area contributed by atoms with E-state index in [1.807, 2.05) is 0 Å². The Morgan fingerprint density at radius 3 is 2.50 bits per heavy atom. The van der Waals surface area contributed by atoms with Gasteiger partial charge in [-0.15, -0.1) is 0 Å². The van der Waals surface area contributed by atoms with Crippen LogP contribution in [0.15, 0.2) is 18.2 Å². The zero-order valence-corrected chi connectivity index (χ0v) is 10.7. The Bertz CT molecular complexity index is 533. The molecular formula is C12H14FN3O4. The number of rotatable bonds is 5. The molecule has 0 heterocycles. The maximum absolute atomic E-state index is 13.0. The van der Waals surface area contributed by atoms with Crippen LogP contribution in [0, 0.1) is 12.7 Å². The minimum atomic E-state index is -1.18. The van der Waals surface area contributed by atoms with Crippen LogP contribution < -0.4 is 16.0 Å². The molecular weight excluding hydrogens is 269 g/mol. The van der Waals surface area contributed by atoms with Crippen molar-refractivity contribution in [1.82, 2.24) is 10.6 Å². The van der Waals surface area contributed by atoms with Crippen LogP contribution in [0.1, 0.15) is 5.56 Å². The fraction of sp³-hybridized carbons (Fsp3) is 0.250. The van der Waals surface area contributed by atoms with E-state index >= 15 is 0 Å². The van der Waals surface area contributed by atoms with Gasteiger partial charge in [-0.25, -0.2) is 9.18 Å². The van der Waals surface area contributed by atoms with Gasteiger partial charge in [0.2, 0.25) is 5.91 Å². The molecule has 1 aromatic rings. The van der Waals surface area contributed by atoms with E-state index < -0.39 is 24.5 Å². The first-order chi connectivity index (χ1) is 9.38. The molecule has 4 N–H and O–H groups in total. The second-order valence-electron chi connectivity index (χ2n) is 3.94. The second-order valence-corrected chi connectivity index (χ2v) is 3.94. The standard InChI is InChI=1S/C12H14FN3O4/c1-7-4-8(2-3-9(7)13)16-12(20)15-5-10(17)14-6-11(18)19/h2-4H,5-6H2,1H3,(H,14,17)(H,18,19)(H2,15,16,20). The van der Waals surface area contributed by atoms with Crippen molar-refractivity contribution < 1.29 is 23.9 Å². The maximum Gasteiger partial charge on any atom is 0.322 e. The van der Waals surface area contributed by atoms with Gasteiger partial charge in [0.25, 0.3) is 0 Å². The highest BCUT2D eigenvalue weighted by molar-refractivity contribution is 5.92. The zero-order valence-electron chi connectivity index (χ0n) is 10.7. The third-order valence-electron chi connectivity index (χ3n) is 2.26. The second kappa shape index (κ2) is 7.07. The van der Waals surface area contributed by atoms with Crippen molar-refractivity contribution in [3.8, 4) is 0 Å². The molecule has 0 aliphatic carbocycles. The number of benzene rings is 1. The molecule has 3 amide bonds. The summed E-state index contributed by atoms with van der Waals surface area (Å²) >= 11 is 0. The van der Waals surface area contributed by atoms with Crippen LogP contribution in [-0.2, 0) is 9.59 Å². The first-order valence-electron chi connectivity index (χ1n) is 5.68. The van der Waals surface area contributed by atoms with Crippen LogP contribution in [-0.4, -0.2) is 36.1 Å². The highest BCUT2D eigenvalue weighted by atomic mass is 19.1. The lowest BCUT2D eigenvalue weighted by Gasteiger charge is -2.08. The van der Waals surface area contributed by atoms with Gasteiger partial charge < -0.3 is 21.1 Å². The molecule has 0 fully saturated rings. The smallest absolute Gasteiger partial charge is 0.322 e. The van der Waals surface area contributed by atoms with Gasteiger partial charge in [-0.2, -0.15) is 0 Å². The Kier molecular flexibility index (Phi) is 5.45. The van der Waals surface area contributed by atoms with Gasteiger partial charge in [0.15, 0.2) is 0 Å². The molecule has 1 rings (SSSR count). The highest BCUT2D eigenvalue weighted by Crippen LogP contribution is 2.13. The lowest BCUT2D eigenvalue weighted by Crippen LogP contribution is -2.40. The summed E-state index contributed by atoms with van der Waals surface area (Å²) in [5, 5.41) is 15.1. The number of anilines is 1. The van der Waals surface area contributed by atoms with Crippen LogP contribution in [0.5, 0.6) is 0 Å². The number of hydrogen-bond acceptors (Lipinski definition) is 3. The fourth-order valence-corrected chi connectivity index (χ4v) is 1.29. The Morgan fingerprint density at radius 1 is 1.20 bits per heavy atom. The monoisotopic (exact) mass is 283 g/mol. The first-order valence-corrected chi connectivity index (χ1v) is 5.68. The van der Waals surface area contributed by atoms with Gasteiger partial charge in [-0.3, -0.25) is 9.59 Å². The molecule has 0 spiro atoms. The normalized spacial score (nSPS) is 9.70. The Hall–Kier alpha value is -2.64. The molecule has 8 heteroatoms. The van der Waals surface area contributed by atoms with E-state index in [0.29, 0.717) is 11.3 Å². The van der Waals surface area contributed by atoms with Gasteiger partial charge in [0.1, 0.15) is 12.4 Å². The van der Waals surface area contributed by atoms with Gasteiger partial charge in [-0.1, -0.05) is 0 Å². The molecule has 0 atom stereocenters. The molecule has 0 aliphatic heterocycles. The van der Waals surface area contributed by atoms with Crippen LogP contribution >= 0.6 is 0 Å². The Balaban J connectivity index is 2.38. The fourth-order valence-electron chi connectivity index (χ4n) is 1.29. The maximum atomic E-state index is 13.0. The number of hydrogen-bond donors (Lipinski definition) is 4. The predicted molar refractivity (Wildman–Crippen MR) is 68.8 cm³/mol. The summed E-state index contributed by atoms with van der Waals surface area (Å²) in [6.45, 7) is 0.677. The molecule has 0 saturated heterocycles. The number of nitrogens with one attached hydrogen (secondary N) is 3. The summed E-state index contributed by atoms with van der Waals surface area (Å²) in [6, 6.07) is 3.39. The third-order valence-corrected chi connectivity index (χ3v) is 2.26. The lowest BCUT2D eigenvalue weighted by atomic mass is 10.2. The van der Waals surface area contributed by atoms with Crippen LogP contribution in [0.2, 0.25) is 0 Å². The van der Waals surface area contributed by atoms with Crippen LogP contribution in [0.4, 0.5) is 14.9 Å². The van der Waals surface area contributed by atoms with E-state index in [4.69, 9.17) is 5.11 Å². The molecule has 0 radical (unpaired) electrons. The first kappa shape index (κ1) is 15.4. The third kappa shape index (κ3) is 5.34. The summed E-state index contributed by atoms with van der Waals surface area (Å²) in [4.78, 5) is 32.8. The summed E-state index contributed by atoms with van der Waals surface area (Å²) in [6.07, 6.45) is 0. The average Bonchev–Trinajstić information content (AvgIpc) is 2.38. The molecule has 0 aliphatic rings. The topological polar surface area (TPSA) is 108 Å². The molecule has 7 nitrogen and oxygen atoms in total. The number of aliphatic carboxylic acids is 1. The van der Waals surface area contributed by atoms with Gasteiger partial charge in [-0.05, 0) is 30.7 Å². The van der Waals surface area contributed by atoms with E-state index in [9.17, 15) is 18.8 Å². The number of amides is 3. The Morgan fingerprint density at radius 2 is 1.90 bits per heavy atom. The van der Waals surface area contributed by atoms with Crippen molar-refractivity contribution in [2.45, 2.75) is 6.92 Å². The minimum Gasteiger partial charge on any atom is -0.480 e. The number of halogens is 1. The van der Waals surface area contributed by atoms with Gasteiger partial charge in [0.05, 0.1) is 6.54 Å². The zero-order chi connectivity index (χ0) is 15.1. The van der Waals surface area contributed by atoms with Crippen molar-refractivity contribution in [2.75, 3.05) is 18.4 Å². The van der Waals surface area contributed by atoms with E-state index in [0.717, 1.165) is 0 Å². The number of carbonyl (C=O) groups excluding carboxylic acids is 2. The number of aryl methyl sites for hydroxylation is 1. The van der Waals surface area contributed by atoms with Crippen molar-refractivity contribution in [1.29, 1.82) is 0 Å². The van der Waals surface area contributed by atoms with E-state index in [-0.39, 0.29) is 12.4 Å². The predicted octanol–water partition coefficient (Wildman–Crippen LogP) is 0.456. The molecule has 108 valence electrons. The lowest BCUT2D eigenvalue weighted by molar-refractivity contribution is -0.137. The number of carboxylic acid groups (broad SMARTS) is 1. The van der Waals surface area contributed by atoms with E-state index in [1.54, 1.807) is 6.92 Å². The van der Waals surface area contributed by atoms with Crippen molar-refractivity contribution >= 4 is 23.6 Å². The van der Waals surface area contributed by atoms with Crippen molar-refractivity contribution in [3.63, 3.8) is 0 Å². The molecule has 20 heavy (non-hydrogen) atoms.